The van der Waals surface area contributed by atoms with Gasteiger partial charge in [0, 0.05) is 42.6 Å². The van der Waals surface area contributed by atoms with E-state index in [1.165, 1.54) is 5.56 Å². The van der Waals surface area contributed by atoms with Crippen molar-refractivity contribution in [3.05, 3.63) is 77.9 Å². The number of nitrogens with one attached hydrogen (secondary N) is 2. The van der Waals surface area contributed by atoms with Gasteiger partial charge in [-0.2, -0.15) is 0 Å². The summed E-state index contributed by atoms with van der Waals surface area (Å²) in [6.07, 6.45) is 4.93. The Kier molecular flexibility index (Phi) is 6.58. The van der Waals surface area contributed by atoms with Crippen molar-refractivity contribution >= 4 is 22.7 Å². The number of aromatic nitrogens is 2. The van der Waals surface area contributed by atoms with Gasteiger partial charge in [-0.25, -0.2) is 4.98 Å². The Balaban J connectivity index is 1.29. The third-order valence-electron chi connectivity index (χ3n) is 5.46. The fraction of sp³-hybridized carbons (Fsp3) is 0.269. The molecule has 7 heteroatoms. The molecule has 4 aromatic rings. The van der Waals surface area contributed by atoms with Crippen LogP contribution < -0.4 is 10.9 Å². The van der Waals surface area contributed by atoms with Crippen LogP contribution in [-0.2, 0) is 24.7 Å². The third kappa shape index (κ3) is 5.31. The minimum atomic E-state index is -0.362. The van der Waals surface area contributed by atoms with Crippen LogP contribution in [0, 0.1) is 5.92 Å². The highest BCUT2D eigenvalue weighted by Gasteiger charge is 2.15. The maximum atomic E-state index is 12.5. The lowest BCUT2D eigenvalue weighted by Gasteiger charge is -2.06. The van der Waals surface area contributed by atoms with Crippen molar-refractivity contribution in [3.63, 3.8) is 0 Å². The summed E-state index contributed by atoms with van der Waals surface area (Å²) in [7, 11) is 1.88. The van der Waals surface area contributed by atoms with E-state index in [0.29, 0.717) is 29.6 Å². The lowest BCUT2D eigenvalue weighted by atomic mass is 10.0. The molecule has 0 unspecified atom stereocenters. The maximum Gasteiger partial charge on any atom is 0.271 e. The molecule has 2 heterocycles. The van der Waals surface area contributed by atoms with E-state index in [0.717, 1.165) is 22.9 Å². The summed E-state index contributed by atoms with van der Waals surface area (Å²) in [4.78, 5) is 29.0. The van der Waals surface area contributed by atoms with Crippen LogP contribution >= 0.6 is 0 Å². The van der Waals surface area contributed by atoms with Crippen molar-refractivity contribution in [2.75, 3.05) is 0 Å². The van der Waals surface area contributed by atoms with Gasteiger partial charge in [0.05, 0.1) is 11.8 Å². The number of benzene rings is 2. The fourth-order valence-corrected chi connectivity index (χ4v) is 3.84. The van der Waals surface area contributed by atoms with Gasteiger partial charge < -0.3 is 8.98 Å². The molecule has 0 fully saturated rings. The summed E-state index contributed by atoms with van der Waals surface area (Å²) in [5.74, 6) is 1.08. The number of aryl methyl sites for hydroxylation is 2. The number of hydrogen-bond donors (Lipinski definition) is 2. The molecular weight excluding hydrogens is 416 g/mol. The molecule has 0 spiro atoms. The quantitative estimate of drug-likeness (QED) is 0.413. The minimum Gasteiger partial charge on any atom is -0.441 e. The van der Waals surface area contributed by atoms with Gasteiger partial charge in [0.15, 0.2) is 11.7 Å². The second kappa shape index (κ2) is 9.73. The molecule has 2 amide bonds. The Morgan fingerprint density at radius 3 is 2.58 bits per heavy atom. The molecule has 0 saturated carbocycles. The molecule has 0 saturated heterocycles. The normalized spacial score (nSPS) is 11.2. The van der Waals surface area contributed by atoms with Crippen molar-refractivity contribution in [1.82, 2.24) is 20.4 Å². The Hall–Kier alpha value is -3.87. The number of amides is 2. The van der Waals surface area contributed by atoms with Gasteiger partial charge in [-0.1, -0.05) is 56.3 Å². The first kappa shape index (κ1) is 22.3. The Bertz CT molecular complexity index is 1270. The average Bonchev–Trinajstić information content (AvgIpc) is 3.41. The topological polar surface area (TPSA) is 89.2 Å². The van der Waals surface area contributed by atoms with Crippen molar-refractivity contribution < 1.29 is 14.0 Å². The van der Waals surface area contributed by atoms with E-state index in [1.54, 1.807) is 12.4 Å². The molecule has 170 valence electrons. The van der Waals surface area contributed by atoms with Gasteiger partial charge in [-0.15, -0.1) is 0 Å². The molecule has 4 rings (SSSR count). The Morgan fingerprint density at radius 2 is 1.82 bits per heavy atom. The summed E-state index contributed by atoms with van der Waals surface area (Å²) >= 11 is 0. The van der Waals surface area contributed by atoms with E-state index in [9.17, 15) is 9.59 Å². The number of hydrogen-bond acceptors (Lipinski definition) is 4. The number of rotatable bonds is 7. The molecule has 0 aliphatic heterocycles. The summed E-state index contributed by atoms with van der Waals surface area (Å²) in [6.45, 7) is 4.39. The van der Waals surface area contributed by atoms with Gasteiger partial charge in [0.2, 0.25) is 5.91 Å². The summed E-state index contributed by atoms with van der Waals surface area (Å²) in [6, 6.07) is 15.9. The second-order valence-electron chi connectivity index (χ2n) is 8.59. The standard InChI is InChI=1S/C26H28N4O3/c1-17(2)14-18-8-10-19(11-9-18)23-15-27-25(33-23)13-12-24(31)28-29-26(32)21-16-30(3)22-7-5-4-6-20(21)22/h4-11,15-17H,12-14H2,1-3H3,(H,28,31)(H,29,32). The largest absolute Gasteiger partial charge is 0.441 e. The first-order valence-electron chi connectivity index (χ1n) is 11.1. The smallest absolute Gasteiger partial charge is 0.271 e. The van der Waals surface area contributed by atoms with Crippen molar-refractivity contribution in [2.24, 2.45) is 13.0 Å². The van der Waals surface area contributed by atoms with Crippen LogP contribution in [0.25, 0.3) is 22.2 Å². The van der Waals surface area contributed by atoms with Crippen molar-refractivity contribution in [2.45, 2.75) is 33.1 Å². The average molecular weight is 445 g/mol. The van der Waals surface area contributed by atoms with Crippen LogP contribution in [0.4, 0.5) is 0 Å². The van der Waals surface area contributed by atoms with Crippen LogP contribution in [0.1, 0.15) is 42.1 Å². The molecule has 0 aliphatic carbocycles. The number of carbonyl (C=O) groups is 2. The first-order valence-corrected chi connectivity index (χ1v) is 11.1. The number of carbonyl (C=O) groups excluding carboxylic acids is 2. The molecule has 0 bridgehead atoms. The van der Waals surface area contributed by atoms with E-state index in [1.807, 2.05) is 48.0 Å². The van der Waals surface area contributed by atoms with Crippen molar-refractivity contribution in [3.8, 4) is 11.3 Å². The Morgan fingerprint density at radius 1 is 1.06 bits per heavy atom. The fourth-order valence-electron chi connectivity index (χ4n) is 3.84. The van der Waals surface area contributed by atoms with Crippen LogP contribution in [0.3, 0.4) is 0 Å². The molecule has 2 aromatic heterocycles. The Labute approximate surface area is 192 Å². The predicted molar refractivity (Wildman–Crippen MR) is 127 cm³/mol. The lowest BCUT2D eigenvalue weighted by Crippen LogP contribution is -2.41. The molecule has 0 aliphatic rings. The summed E-state index contributed by atoms with van der Waals surface area (Å²) in [5.41, 5.74) is 8.65. The van der Waals surface area contributed by atoms with Gasteiger partial charge in [0.1, 0.15) is 0 Å². The van der Waals surface area contributed by atoms with Crippen LogP contribution in [0.2, 0.25) is 0 Å². The third-order valence-corrected chi connectivity index (χ3v) is 5.46. The molecule has 7 nitrogen and oxygen atoms in total. The predicted octanol–water partition coefficient (Wildman–Crippen LogP) is 4.43. The molecular formula is C26H28N4O3. The zero-order valence-electron chi connectivity index (χ0n) is 19.1. The molecule has 0 radical (unpaired) electrons. The maximum absolute atomic E-state index is 12.5. The lowest BCUT2D eigenvalue weighted by molar-refractivity contribution is -0.121. The number of hydrazine groups is 1. The molecule has 2 aromatic carbocycles. The number of para-hydroxylation sites is 1. The monoisotopic (exact) mass is 444 g/mol. The second-order valence-corrected chi connectivity index (χ2v) is 8.59. The number of nitrogens with zero attached hydrogens (tertiary/aromatic N) is 2. The van der Waals surface area contributed by atoms with Gasteiger partial charge in [-0.3, -0.25) is 20.4 Å². The molecule has 0 atom stereocenters. The van der Waals surface area contributed by atoms with Gasteiger partial charge in [-0.05, 0) is 24.0 Å². The van der Waals surface area contributed by atoms with E-state index in [-0.39, 0.29) is 18.2 Å². The van der Waals surface area contributed by atoms with E-state index >= 15 is 0 Å². The van der Waals surface area contributed by atoms with Crippen LogP contribution in [0.5, 0.6) is 0 Å². The van der Waals surface area contributed by atoms with Crippen molar-refractivity contribution in [1.29, 1.82) is 0 Å². The summed E-state index contributed by atoms with van der Waals surface area (Å²) < 4.78 is 7.68. The zero-order valence-corrected chi connectivity index (χ0v) is 19.1. The molecule has 33 heavy (non-hydrogen) atoms. The van der Waals surface area contributed by atoms with E-state index < -0.39 is 0 Å². The van der Waals surface area contributed by atoms with E-state index in [2.05, 4.69) is 41.8 Å². The highest BCUT2D eigenvalue weighted by molar-refractivity contribution is 6.07. The summed E-state index contributed by atoms with van der Waals surface area (Å²) in [5, 5.41) is 0.830. The molecule has 2 N–H and O–H groups in total. The SMILES string of the molecule is CC(C)Cc1ccc(-c2cnc(CCC(=O)NNC(=O)c3cn(C)c4ccccc34)o2)cc1. The minimum absolute atomic E-state index is 0.142. The van der Waals surface area contributed by atoms with Crippen LogP contribution in [-0.4, -0.2) is 21.4 Å². The number of fused-ring (bicyclic) bond motifs is 1. The zero-order chi connectivity index (χ0) is 23.4. The van der Waals surface area contributed by atoms with Crippen LogP contribution in [0.15, 0.2) is 65.3 Å². The highest BCUT2D eigenvalue weighted by atomic mass is 16.4. The highest BCUT2D eigenvalue weighted by Crippen LogP contribution is 2.22. The first-order chi connectivity index (χ1) is 15.9. The van der Waals surface area contributed by atoms with E-state index in [4.69, 9.17) is 4.42 Å². The van der Waals surface area contributed by atoms with Gasteiger partial charge >= 0.3 is 0 Å². The number of oxazole rings is 1. The van der Waals surface area contributed by atoms with Gasteiger partial charge in [0.25, 0.3) is 5.91 Å².